The fourth-order valence-electron chi connectivity index (χ4n) is 3.18. The van der Waals surface area contributed by atoms with Gasteiger partial charge in [-0.15, -0.1) is 0 Å². The number of benzene rings is 3. The second-order valence-electron chi connectivity index (χ2n) is 6.51. The molecule has 0 bridgehead atoms. The molecule has 0 saturated heterocycles. The number of hydrogen-bond donors (Lipinski definition) is 1. The Bertz CT molecular complexity index is 862. The third-order valence-electron chi connectivity index (χ3n) is 4.55. The molecule has 1 N–H and O–H groups in total. The van der Waals surface area contributed by atoms with Crippen molar-refractivity contribution >= 4 is 5.91 Å². The van der Waals surface area contributed by atoms with Crippen molar-refractivity contribution in [3.63, 3.8) is 0 Å². The maximum Gasteiger partial charge on any atom is 0.255 e. The average molecular weight is 345 g/mol. The van der Waals surface area contributed by atoms with E-state index in [0.29, 0.717) is 17.7 Å². The molecule has 0 aliphatic carbocycles. The molecule has 1 unspecified atom stereocenters. The van der Waals surface area contributed by atoms with E-state index in [1.807, 2.05) is 60.7 Å². The molecular formula is C23H23NO2. The van der Waals surface area contributed by atoms with Gasteiger partial charge in [-0.2, -0.15) is 0 Å². The smallest absolute Gasteiger partial charge is 0.255 e. The van der Waals surface area contributed by atoms with E-state index in [0.717, 1.165) is 5.56 Å². The molecule has 0 aliphatic rings. The van der Waals surface area contributed by atoms with Crippen LogP contribution in [0.2, 0.25) is 0 Å². The van der Waals surface area contributed by atoms with Crippen LogP contribution in [0.25, 0.3) is 0 Å². The van der Waals surface area contributed by atoms with Gasteiger partial charge in [0, 0.05) is 0 Å². The van der Waals surface area contributed by atoms with Gasteiger partial charge < -0.3 is 10.1 Å². The van der Waals surface area contributed by atoms with Gasteiger partial charge in [0.15, 0.2) is 0 Å². The Morgan fingerprint density at radius 3 is 2.12 bits per heavy atom. The maximum atomic E-state index is 13.0. The number of carbonyl (C=O) groups is 1. The summed E-state index contributed by atoms with van der Waals surface area (Å²) in [6.45, 7) is 2.06. The quantitative estimate of drug-likeness (QED) is 0.710. The molecule has 0 heterocycles. The zero-order chi connectivity index (χ0) is 18.4. The van der Waals surface area contributed by atoms with Crippen molar-refractivity contribution in [2.45, 2.75) is 18.9 Å². The van der Waals surface area contributed by atoms with Crippen LogP contribution < -0.4 is 10.1 Å². The summed E-state index contributed by atoms with van der Waals surface area (Å²) in [5.41, 5.74) is 2.22. The van der Waals surface area contributed by atoms with E-state index in [-0.39, 0.29) is 5.91 Å². The first-order chi connectivity index (χ1) is 12.6. The summed E-state index contributed by atoms with van der Waals surface area (Å²) in [7, 11) is 1.58. The molecule has 3 aromatic carbocycles. The lowest BCUT2D eigenvalue weighted by Gasteiger charge is -2.32. The van der Waals surface area contributed by atoms with E-state index in [1.54, 1.807) is 19.2 Å². The molecule has 26 heavy (non-hydrogen) atoms. The Morgan fingerprint density at radius 1 is 0.885 bits per heavy atom. The fraction of sp³-hybridized carbons (Fsp3) is 0.174. The average Bonchev–Trinajstić information content (AvgIpc) is 2.69. The zero-order valence-corrected chi connectivity index (χ0v) is 15.1. The lowest BCUT2D eigenvalue weighted by atomic mass is 9.85. The summed E-state index contributed by atoms with van der Waals surface area (Å²) in [5.74, 6) is 0.421. The molecule has 132 valence electrons. The van der Waals surface area contributed by atoms with Crippen molar-refractivity contribution in [2.75, 3.05) is 7.11 Å². The number of methoxy groups -OCH3 is 1. The van der Waals surface area contributed by atoms with Gasteiger partial charge in [-0.25, -0.2) is 0 Å². The minimum Gasteiger partial charge on any atom is -0.496 e. The normalized spacial score (nSPS) is 12.8. The third-order valence-corrected chi connectivity index (χ3v) is 4.55. The van der Waals surface area contributed by atoms with Gasteiger partial charge in [0.2, 0.25) is 0 Å². The van der Waals surface area contributed by atoms with Crippen molar-refractivity contribution < 1.29 is 9.53 Å². The Morgan fingerprint density at radius 2 is 1.46 bits per heavy atom. The highest BCUT2D eigenvalue weighted by molar-refractivity contribution is 5.97. The van der Waals surface area contributed by atoms with Crippen molar-refractivity contribution in [2.24, 2.45) is 0 Å². The SMILES string of the molecule is COc1ccccc1C(=O)NC(C)(Cc1ccccc1)c1ccccc1. The van der Waals surface area contributed by atoms with Crippen LogP contribution in [0.3, 0.4) is 0 Å². The number of hydrogen-bond acceptors (Lipinski definition) is 2. The van der Waals surface area contributed by atoms with Crippen LogP contribution in [0.5, 0.6) is 5.75 Å². The molecule has 3 heteroatoms. The van der Waals surface area contributed by atoms with E-state index in [1.165, 1.54) is 5.56 Å². The first-order valence-electron chi connectivity index (χ1n) is 8.67. The van der Waals surface area contributed by atoms with Gasteiger partial charge in [-0.05, 0) is 36.6 Å². The highest BCUT2D eigenvalue weighted by atomic mass is 16.5. The number of rotatable bonds is 6. The molecule has 3 rings (SSSR count). The molecule has 0 radical (unpaired) electrons. The van der Waals surface area contributed by atoms with E-state index >= 15 is 0 Å². The standard InChI is InChI=1S/C23H23NO2/c1-23(19-13-7-4-8-14-19,17-18-11-5-3-6-12-18)24-22(25)20-15-9-10-16-21(20)26-2/h3-16H,17H2,1-2H3,(H,24,25). The van der Waals surface area contributed by atoms with Crippen LogP contribution >= 0.6 is 0 Å². The second kappa shape index (κ2) is 7.87. The topological polar surface area (TPSA) is 38.3 Å². The van der Waals surface area contributed by atoms with E-state index < -0.39 is 5.54 Å². The monoisotopic (exact) mass is 345 g/mol. The summed E-state index contributed by atoms with van der Waals surface area (Å²) >= 11 is 0. The first-order valence-corrected chi connectivity index (χ1v) is 8.67. The van der Waals surface area contributed by atoms with Crippen LogP contribution in [-0.2, 0) is 12.0 Å². The molecule has 0 aliphatic heterocycles. The van der Waals surface area contributed by atoms with E-state index in [2.05, 4.69) is 24.4 Å². The molecule has 3 aromatic rings. The summed E-state index contributed by atoms with van der Waals surface area (Å²) in [6, 6.07) is 27.5. The second-order valence-corrected chi connectivity index (χ2v) is 6.51. The van der Waals surface area contributed by atoms with Crippen LogP contribution in [0, 0.1) is 0 Å². The fourth-order valence-corrected chi connectivity index (χ4v) is 3.18. The Labute approximate surface area is 154 Å². The van der Waals surface area contributed by atoms with Gasteiger partial charge >= 0.3 is 0 Å². The number of nitrogens with one attached hydrogen (secondary N) is 1. The molecule has 0 fully saturated rings. The number of ether oxygens (including phenoxy) is 1. The molecule has 0 spiro atoms. The summed E-state index contributed by atoms with van der Waals surface area (Å²) in [4.78, 5) is 13.0. The van der Waals surface area contributed by atoms with Gasteiger partial charge in [-0.3, -0.25) is 4.79 Å². The largest absolute Gasteiger partial charge is 0.496 e. The summed E-state index contributed by atoms with van der Waals surface area (Å²) < 4.78 is 5.34. The van der Waals surface area contributed by atoms with Crippen molar-refractivity contribution in [3.05, 3.63) is 102 Å². The van der Waals surface area contributed by atoms with Crippen LogP contribution in [-0.4, -0.2) is 13.0 Å². The van der Waals surface area contributed by atoms with Crippen molar-refractivity contribution in [1.82, 2.24) is 5.32 Å². The molecule has 0 saturated carbocycles. The van der Waals surface area contributed by atoms with Gasteiger partial charge in [0.25, 0.3) is 5.91 Å². The predicted octanol–water partition coefficient (Wildman–Crippen LogP) is 4.58. The molecule has 1 amide bonds. The van der Waals surface area contributed by atoms with E-state index in [9.17, 15) is 4.79 Å². The molecule has 0 aromatic heterocycles. The van der Waals surface area contributed by atoms with Gasteiger partial charge in [0.1, 0.15) is 5.75 Å². The minimum atomic E-state index is -0.541. The van der Waals surface area contributed by atoms with Crippen molar-refractivity contribution in [1.29, 1.82) is 0 Å². The van der Waals surface area contributed by atoms with Crippen molar-refractivity contribution in [3.8, 4) is 5.75 Å². The predicted molar refractivity (Wildman–Crippen MR) is 104 cm³/mol. The minimum absolute atomic E-state index is 0.148. The third kappa shape index (κ3) is 3.94. The van der Waals surface area contributed by atoms with Crippen LogP contribution in [0.1, 0.15) is 28.4 Å². The molecule has 1 atom stereocenters. The Kier molecular flexibility index (Phi) is 5.37. The lowest BCUT2D eigenvalue weighted by molar-refractivity contribution is 0.0901. The van der Waals surface area contributed by atoms with E-state index in [4.69, 9.17) is 4.74 Å². The maximum absolute atomic E-state index is 13.0. The van der Waals surface area contributed by atoms with Crippen LogP contribution in [0.15, 0.2) is 84.9 Å². The zero-order valence-electron chi connectivity index (χ0n) is 15.1. The van der Waals surface area contributed by atoms with Gasteiger partial charge in [-0.1, -0.05) is 72.8 Å². The number of para-hydroxylation sites is 1. The highest BCUT2D eigenvalue weighted by Gasteiger charge is 2.30. The van der Waals surface area contributed by atoms with Gasteiger partial charge in [0.05, 0.1) is 18.2 Å². The molecular weight excluding hydrogens is 322 g/mol. The van der Waals surface area contributed by atoms with Crippen LogP contribution in [0.4, 0.5) is 0 Å². The Hall–Kier alpha value is -3.07. The number of carbonyl (C=O) groups excluding carboxylic acids is 1. The summed E-state index contributed by atoms with van der Waals surface area (Å²) in [5, 5.41) is 3.23. The number of amides is 1. The summed E-state index contributed by atoms with van der Waals surface area (Å²) in [6.07, 6.45) is 0.693. The first kappa shape index (κ1) is 17.7. The Balaban J connectivity index is 1.95. The highest BCUT2D eigenvalue weighted by Crippen LogP contribution is 2.27. The lowest BCUT2D eigenvalue weighted by Crippen LogP contribution is -2.45. The molecule has 3 nitrogen and oxygen atoms in total.